The van der Waals surface area contributed by atoms with E-state index in [-0.39, 0.29) is 0 Å². The molecule has 0 aliphatic rings. The fourth-order valence-corrected chi connectivity index (χ4v) is 2.35. The lowest BCUT2D eigenvalue weighted by molar-refractivity contribution is -0.117. The van der Waals surface area contributed by atoms with Crippen LogP contribution in [0.15, 0.2) is 18.2 Å². The average Bonchev–Trinajstić information content (AvgIpc) is 2.43. The Bertz CT molecular complexity index is 568. The zero-order chi connectivity index (χ0) is 17.1. The van der Waals surface area contributed by atoms with Gasteiger partial charge in [0.1, 0.15) is 23.2 Å². The molecule has 122 valence electrons. The monoisotopic (exact) mass is 327 g/mol. The van der Waals surface area contributed by atoms with E-state index in [2.05, 4.69) is 0 Å². The Kier molecular flexibility index (Phi) is 5.46. The summed E-state index contributed by atoms with van der Waals surface area (Å²) in [6, 6.07) is 5.04. The van der Waals surface area contributed by atoms with Gasteiger partial charge < -0.3 is 14.3 Å². The Balaban J connectivity index is 3.33. The molecule has 0 saturated carbocycles. The van der Waals surface area contributed by atoms with E-state index < -0.39 is 17.2 Å². The van der Waals surface area contributed by atoms with Gasteiger partial charge in [0, 0.05) is 12.6 Å². The van der Waals surface area contributed by atoms with Crippen LogP contribution >= 0.6 is 11.6 Å². The average molecular weight is 328 g/mol. The third-order valence-electron chi connectivity index (χ3n) is 3.30. The third-order valence-corrected chi connectivity index (χ3v) is 3.61. The van der Waals surface area contributed by atoms with Crippen LogP contribution in [0.1, 0.15) is 33.3 Å². The molecule has 1 atom stereocenters. The molecule has 0 saturated heterocycles. The van der Waals surface area contributed by atoms with Gasteiger partial charge in [0.05, 0.1) is 12.1 Å². The SMILES string of the molecule is COc1cccc(Cl)c1C(C)(C=O)N(C)C(=O)OC(C)(C)C. The molecule has 6 heteroatoms. The van der Waals surface area contributed by atoms with Crippen molar-refractivity contribution in [2.45, 2.75) is 38.8 Å². The molecule has 1 unspecified atom stereocenters. The number of likely N-dealkylation sites (N-methyl/N-ethyl adjacent to an activating group) is 1. The minimum absolute atomic E-state index is 0.337. The Labute approximate surface area is 136 Å². The van der Waals surface area contributed by atoms with Crippen LogP contribution in [0.3, 0.4) is 0 Å². The molecule has 22 heavy (non-hydrogen) atoms. The Hall–Kier alpha value is -1.75. The molecule has 1 amide bonds. The highest BCUT2D eigenvalue weighted by Crippen LogP contribution is 2.38. The van der Waals surface area contributed by atoms with Crippen LogP contribution in [-0.2, 0) is 15.1 Å². The molecule has 0 N–H and O–H groups in total. The predicted molar refractivity (Wildman–Crippen MR) is 85.4 cm³/mol. The first kappa shape index (κ1) is 18.3. The lowest BCUT2D eigenvalue weighted by Crippen LogP contribution is -2.48. The van der Waals surface area contributed by atoms with Crippen LogP contribution in [0.2, 0.25) is 5.02 Å². The van der Waals surface area contributed by atoms with Crippen molar-refractivity contribution in [3.63, 3.8) is 0 Å². The molecular weight excluding hydrogens is 306 g/mol. The number of methoxy groups -OCH3 is 1. The van der Waals surface area contributed by atoms with Crippen molar-refractivity contribution in [2.24, 2.45) is 0 Å². The number of carbonyl (C=O) groups is 2. The van der Waals surface area contributed by atoms with Crippen molar-refractivity contribution >= 4 is 24.0 Å². The lowest BCUT2D eigenvalue weighted by Gasteiger charge is -2.36. The summed E-state index contributed by atoms with van der Waals surface area (Å²) in [6.45, 7) is 6.86. The van der Waals surface area contributed by atoms with Crippen LogP contribution < -0.4 is 4.74 Å². The van der Waals surface area contributed by atoms with Crippen LogP contribution in [-0.4, -0.2) is 37.0 Å². The molecule has 1 aromatic rings. The maximum absolute atomic E-state index is 12.3. The first-order valence-electron chi connectivity index (χ1n) is 6.83. The quantitative estimate of drug-likeness (QED) is 0.792. The van der Waals surface area contributed by atoms with Crippen molar-refractivity contribution in [2.75, 3.05) is 14.2 Å². The zero-order valence-electron chi connectivity index (χ0n) is 13.8. The number of nitrogens with zero attached hydrogens (tertiary/aromatic N) is 1. The Morgan fingerprint density at radius 2 is 1.86 bits per heavy atom. The largest absolute Gasteiger partial charge is 0.496 e. The molecule has 0 heterocycles. The van der Waals surface area contributed by atoms with Gasteiger partial charge in [-0.05, 0) is 39.8 Å². The molecule has 0 radical (unpaired) electrons. The van der Waals surface area contributed by atoms with Gasteiger partial charge in [-0.2, -0.15) is 0 Å². The molecule has 5 nitrogen and oxygen atoms in total. The van der Waals surface area contributed by atoms with Gasteiger partial charge in [-0.15, -0.1) is 0 Å². The molecule has 0 bridgehead atoms. The molecule has 0 aromatic heterocycles. The van der Waals surface area contributed by atoms with E-state index in [1.165, 1.54) is 19.1 Å². The number of amides is 1. The number of carbonyl (C=O) groups excluding carboxylic acids is 2. The van der Waals surface area contributed by atoms with Gasteiger partial charge >= 0.3 is 6.09 Å². The maximum Gasteiger partial charge on any atom is 0.411 e. The molecular formula is C16H22ClNO4. The van der Waals surface area contributed by atoms with Gasteiger partial charge in [-0.25, -0.2) is 4.79 Å². The number of ether oxygens (including phenoxy) is 2. The minimum atomic E-state index is -1.31. The Morgan fingerprint density at radius 3 is 2.32 bits per heavy atom. The summed E-state index contributed by atoms with van der Waals surface area (Å²) in [7, 11) is 2.97. The molecule has 0 aliphatic heterocycles. The summed E-state index contributed by atoms with van der Waals surface area (Å²) in [5, 5.41) is 0.337. The molecule has 0 fully saturated rings. The van der Waals surface area contributed by atoms with Crippen LogP contribution in [0.25, 0.3) is 0 Å². The summed E-state index contributed by atoms with van der Waals surface area (Å²) in [6.07, 6.45) is 0.0322. The standard InChI is InChI=1S/C16H22ClNO4/c1-15(2,3)22-14(20)18(5)16(4,10-19)13-11(17)8-7-9-12(13)21-6/h7-10H,1-6H3. The number of hydrogen-bond acceptors (Lipinski definition) is 4. The van der Waals surface area contributed by atoms with Crippen LogP contribution in [0.5, 0.6) is 5.75 Å². The molecule has 0 aliphatic carbocycles. The normalized spacial score (nSPS) is 14.0. The summed E-state index contributed by atoms with van der Waals surface area (Å²) in [4.78, 5) is 25.3. The van der Waals surface area contributed by atoms with Gasteiger partial charge in [0.25, 0.3) is 0 Å². The number of halogens is 1. The second-order valence-corrected chi connectivity index (χ2v) is 6.53. The van der Waals surface area contributed by atoms with E-state index in [9.17, 15) is 9.59 Å². The fraction of sp³-hybridized carbons (Fsp3) is 0.500. The van der Waals surface area contributed by atoms with Gasteiger partial charge in [0.2, 0.25) is 0 Å². The van der Waals surface area contributed by atoms with E-state index in [0.717, 1.165) is 0 Å². The smallest absolute Gasteiger partial charge is 0.411 e. The second kappa shape index (κ2) is 6.57. The topological polar surface area (TPSA) is 55.8 Å². The van der Waals surface area contributed by atoms with E-state index in [1.807, 2.05) is 0 Å². The first-order chi connectivity index (χ1) is 10.1. The Morgan fingerprint density at radius 1 is 1.27 bits per heavy atom. The fourth-order valence-electron chi connectivity index (χ4n) is 1.99. The second-order valence-electron chi connectivity index (χ2n) is 6.12. The van der Waals surface area contributed by atoms with E-state index in [0.29, 0.717) is 22.6 Å². The molecule has 1 rings (SSSR count). The van der Waals surface area contributed by atoms with E-state index in [4.69, 9.17) is 21.1 Å². The predicted octanol–water partition coefficient (Wildman–Crippen LogP) is 3.63. The number of hydrogen-bond donors (Lipinski definition) is 0. The zero-order valence-corrected chi connectivity index (χ0v) is 14.5. The summed E-state index contributed by atoms with van der Waals surface area (Å²) in [5.74, 6) is 0.428. The van der Waals surface area contributed by atoms with Gasteiger partial charge in [-0.1, -0.05) is 17.7 Å². The maximum atomic E-state index is 12.3. The summed E-state index contributed by atoms with van der Waals surface area (Å²) >= 11 is 6.24. The summed E-state index contributed by atoms with van der Waals surface area (Å²) in [5.41, 5.74) is -1.56. The van der Waals surface area contributed by atoms with Gasteiger partial charge in [-0.3, -0.25) is 4.90 Å². The first-order valence-corrected chi connectivity index (χ1v) is 7.20. The highest BCUT2D eigenvalue weighted by atomic mass is 35.5. The van der Waals surface area contributed by atoms with Crippen molar-refractivity contribution in [3.8, 4) is 5.75 Å². The van der Waals surface area contributed by atoms with Crippen molar-refractivity contribution in [1.82, 2.24) is 4.90 Å². The summed E-state index contributed by atoms with van der Waals surface area (Å²) < 4.78 is 10.6. The highest BCUT2D eigenvalue weighted by molar-refractivity contribution is 6.32. The third kappa shape index (κ3) is 3.71. The molecule has 0 spiro atoms. The van der Waals surface area contributed by atoms with Crippen molar-refractivity contribution in [1.29, 1.82) is 0 Å². The number of aldehydes is 1. The van der Waals surface area contributed by atoms with Gasteiger partial charge in [0.15, 0.2) is 0 Å². The van der Waals surface area contributed by atoms with Crippen LogP contribution in [0.4, 0.5) is 4.79 Å². The lowest BCUT2D eigenvalue weighted by atomic mass is 9.91. The van der Waals surface area contributed by atoms with E-state index in [1.54, 1.807) is 45.9 Å². The molecule has 1 aromatic carbocycles. The number of rotatable bonds is 4. The van der Waals surface area contributed by atoms with Crippen molar-refractivity contribution in [3.05, 3.63) is 28.8 Å². The minimum Gasteiger partial charge on any atom is -0.496 e. The highest BCUT2D eigenvalue weighted by Gasteiger charge is 2.40. The van der Waals surface area contributed by atoms with Crippen LogP contribution in [0, 0.1) is 0 Å². The van der Waals surface area contributed by atoms with E-state index >= 15 is 0 Å². The van der Waals surface area contributed by atoms with Crippen molar-refractivity contribution < 1.29 is 19.1 Å². The number of benzene rings is 1.